The van der Waals surface area contributed by atoms with Gasteiger partial charge in [-0.05, 0) is 19.3 Å². The second-order valence-electron chi connectivity index (χ2n) is 3.94. The highest BCUT2D eigenvalue weighted by Gasteiger charge is 2.28. The zero-order chi connectivity index (χ0) is 11.3. The lowest BCUT2D eigenvalue weighted by molar-refractivity contribution is -0.119. The second-order valence-corrected chi connectivity index (χ2v) is 6.17. The molecule has 0 amide bonds. The van der Waals surface area contributed by atoms with Crippen LogP contribution in [0.2, 0.25) is 0 Å². The van der Waals surface area contributed by atoms with Crippen molar-refractivity contribution in [2.24, 2.45) is 5.92 Å². The van der Waals surface area contributed by atoms with Crippen LogP contribution in [-0.4, -0.2) is 25.7 Å². The Morgan fingerprint density at radius 3 is 2.73 bits per heavy atom. The molecule has 0 aromatic rings. The average molecular weight is 228 g/mol. The van der Waals surface area contributed by atoms with Gasteiger partial charge in [-0.3, -0.25) is 4.79 Å². The molecule has 0 radical (unpaired) electrons. The van der Waals surface area contributed by atoms with E-state index < -0.39 is 9.84 Å². The van der Waals surface area contributed by atoms with Crippen LogP contribution < -0.4 is 0 Å². The lowest BCUT2D eigenvalue weighted by Gasteiger charge is -2.04. The zero-order valence-corrected chi connectivity index (χ0v) is 9.77. The standard InChI is InChI=1S/C11H16O3S/c1-2-3-4-5-11(12)8-10-6-7-15(13,14)9-10/h10H,4-9H2,1H3. The summed E-state index contributed by atoms with van der Waals surface area (Å²) in [5.74, 6) is 6.20. The molecule has 84 valence electrons. The molecule has 0 spiro atoms. The van der Waals surface area contributed by atoms with E-state index in [4.69, 9.17) is 0 Å². The van der Waals surface area contributed by atoms with E-state index in [1.165, 1.54) is 0 Å². The molecule has 4 heteroatoms. The molecular formula is C11H16O3S. The Morgan fingerprint density at radius 2 is 2.20 bits per heavy atom. The molecular weight excluding hydrogens is 212 g/mol. The SMILES string of the molecule is CC#CCCC(=O)CC1CCS(=O)(=O)C1. The number of Topliss-reactive ketones (excluding diaryl/α,β-unsaturated/α-hetero) is 1. The third kappa shape index (κ3) is 4.48. The van der Waals surface area contributed by atoms with Crippen molar-refractivity contribution in [3.63, 3.8) is 0 Å². The molecule has 1 saturated heterocycles. The van der Waals surface area contributed by atoms with Crippen LogP contribution in [0, 0.1) is 17.8 Å². The number of ketones is 1. The van der Waals surface area contributed by atoms with Crippen LogP contribution in [0.1, 0.15) is 32.6 Å². The molecule has 0 aromatic heterocycles. The summed E-state index contributed by atoms with van der Waals surface area (Å²) in [5, 5.41) is 0. The third-order valence-electron chi connectivity index (χ3n) is 2.55. The topological polar surface area (TPSA) is 51.2 Å². The van der Waals surface area contributed by atoms with Gasteiger partial charge in [0.2, 0.25) is 0 Å². The molecule has 1 fully saturated rings. The highest BCUT2D eigenvalue weighted by molar-refractivity contribution is 7.91. The minimum atomic E-state index is -2.85. The Bertz CT molecular complexity index is 384. The van der Waals surface area contributed by atoms with Gasteiger partial charge < -0.3 is 0 Å². The Morgan fingerprint density at radius 1 is 1.47 bits per heavy atom. The first-order valence-corrected chi connectivity index (χ1v) is 6.97. The Balaban J connectivity index is 2.30. The van der Waals surface area contributed by atoms with Crippen LogP contribution in [0.3, 0.4) is 0 Å². The van der Waals surface area contributed by atoms with Gasteiger partial charge >= 0.3 is 0 Å². The van der Waals surface area contributed by atoms with Gasteiger partial charge in [0.25, 0.3) is 0 Å². The number of rotatable bonds is 4. The van der Waals surface area contributed by atoms with E-state index in [-0.39, 0.29) is 23.2 Å². The predicted molar refractivity (Wildman–Crippen MR) is 59.1 cm³/mol. The van der Waals surface area contributed by atoms with Crippen LogP contribution in [0.5, 0.6) is 0 Å². The van der Waals surface area contributed by atoms with E-state index in [9.17, 15) is 13.2 Å². The summed E-state index contributed by atoms with van der Waals surface area (Å²) >= 11 is 0. The molecule has 1 aliphatic heterocycles. The monoisotopic (exact) mass is 228 g/mol. The molecule has 1 heterocycles. The van der Waals surface area contributed by atoms with Crippen molar-refractivity contribution in [1.82, 2.24) is 0 Å². The Hall–Kier alpha value is -0.820. The molecule has 1 rings (SSSR count). The van der Waals surface area contributed by atoms with Gasteiger partial charge in [-0.2, -0.15) is 0 Å². The van der Waals surface area contributed by atoms with Crippen LogP contribution in [-0.2, 0) is 14.6 Å². The van der Waals surface area contributed by atoms with E-state index in [0.717, 1.165) is 0 Å². The average Bonchev–Trinajstić information content (AvgIpc) is 2.46. The molecule has 0 aliphatic carbocycles. The van der Waals surface area contributed by atoms with Crippen molar-refractivity contribution in [2.75, 3.05) is 11.5 Å². The first-order valence-electron chi connectivity index (χ1n) is 5.15. The molecule has 1 aliphatic rings. The predicted octanol–water partition coefficient (Wildman–Crippen LogP) is 1.18. The van der Waals surface area contributed by atoms with Crippen molar-refractivity contribution in [3.8, 4) is 11.8 Å². The summed E-state index contributed by atoms with van der Waals surface area (Å²) in [6.45, 7) is 1.74. The van der Waals surface area contributed by atoms with Crippen LogP contribution in [0.15, 0.2) is 0 Å². The molecule has 0 N–H and O–H groups in total. The quantitative estimate of drug-likeness (QED) is 0.679. The maximum atomic E-state index is 11.4. The molecule has 1 unspecified atom stereocenters. The summed E-state index contributed by atoms with van der Waals surface area (Å²) in [5.41, 5.74) is 0. The summed E-state index contributed by atoms with van der Waals surface area (Å²) in [4.78, 5) is 11.4. The van der Waals surface area contributed by atoms with Crippen molar-refractivity contribution >= 4 is 15.6 Å². The fourth-order valence-corrected chi connectivity index (χ4v) is 3.65. The number of carbonyl (C=O) groups excluding carboxylic acids is 1. The number of carbonyl (C=O) groups is 1. The smallest absolute Gasteiger partial charge is 0.150 e. The molecule has 1 atom stereocenters. The minimum absolute atomic E-state index is 0.0529. The maximum absolute atomic E-state index is 11.4. The van der Waals surface area contributed by atoms with Gasteiger partial charge in [0.15, 0.2) is 9.84 Å². The first-order chi connectivity index (χ1) is 7.03. The minimum Gasteiger partial charge on any atom is -0.300 e. The lowest BCUT2D eigenvalue weighted by Crippen LogP contribution is -2.10. The highest BCUT2D eigenvalue weighted by atomic mass is 32.2. The third-order valence-corrected chi connectivity index (χ3v) is 4.39. The van der Waals surface area contributed by atoms with Gasteiger partial charge in [-0.1, -0.05) is 0 Å². The van der Waals surface area contributed by atoms with E-state index >= 15 is 0 Å². The summed E-state index contributed by atoms with van der Waals surface area (Å²) in [7, 11) is -2.85. The van der Waals surface area contributed by atoms with Crippen molar-refractivity contribution in [2.45, 2.75) is 32.6 Å². The number of sulfone groups is 1. The normalized spacial score (nSPS) is 23.1. The first kappa shape index (κ1) is 12.3. The van der Waals surface area contributed by atoms with Crippen molar-refractivity contribution in [1.29, 1.82) is 0 Å². The van der Waals surface area contributed by atoms with Crippen molar-refractivity contribution in [3.05, 3.63) is 0 Å². The zero-order valence-electron chi connectivity index (χ0n) is 8.95. The summed E-state index contributed by atoms with van der Waals surface area (Å²) in [6, 6.07) is 0. The molecule has 0 bridgehead atoms. The van der Waals surface area contributed by atoms with E-state index in [0.29, 0.717) is 25.7 Å². The fourth-order valence-electron chi connectivity index (χ4n) is 1.78. The molecule has 15 heavy (non-hydrogen) atoms. The van der Waals surface area contributed by atoms with Crippen LogP contribution in [0.4, 0.5) is 0 Å². The van der Waals surface area contributed by atoms with E-state index in [2.05, 4.69) is 11.8 Å². The molecule has 0 aromatic carbocycles. The number of hydrogen-bond donors (Lipinski definition) is 0. The van der Waals surface area contributed by atoms with Crippen LogP contribution >= 0.6 is 0 Å². The van der Waals surface area contributed by atoms with Gasteiger partial charge in [-0.15, -0.1) is 11.8 Å². The van der Waals surface area contributed by atoms with Gasteiger partial charge in [-0.25, -0.2) is 8.42 Å². The van der Waals surface area contributed by atoms with Crippen LogP contribution in [0.25, 0.3) is 0 Å². The maximum Gasteiger partial charge on any atom is 0.150 e. The summed E-state index contributed by atoms with van der Waals surface area (Å²) in [6.07, 6.45) is 2.10. The Labute approximate surface area is 91.2 Å². The lowest BCUT2D eigenvalue weighted by atomic mass is 10.00. The van der Waals surface area contributed by atoms with E-state index in [1.807, 2.05) is 0 Å². The van der Waals surface area contributed by atoms with Gasteiger partial charge in [0.05, 0.1) is 11.5 Å². The van der Waals surface area contributed by atoms with E-state index in [1.54, 1.807) is 6.92 Å². The van der Waals surface area contributed by atoms with Crippen molar-refractivity contribution < 1.29 is 13.2 Å². The molecule has 3 nitrogen and oxygen atoms in total. The fraction of sp³-hybridized carbons (Fsp3) is 0.727. The number of hydrogen-bond acceptors (Lipinski definition) is 3. The van der Waals surface area contributed by atoms with Gasteiger partial charge in [0.1, 0.15) is 5.78 Å². The largest absolute Gasteiger partial charge is 0.300 e. The highest BCUT2D eigenvalue weighted by Crippen LogP contribution is 2.22. The van der Waals surface area contributed by atoms with Gasteiger partial charge in [0, 0.05) is 19.3 Å². The summed E-state index contributed by atoms with van der Waals surface area (Å²) < 4.78 is 22.3. The Kier molecular flexibility index (Phi) is 4.34. The molecule has 0 saturated carbocycles. The second kappa shape index (κ2) is 5.32.